The number of halogens is 2. The minimum absolute atomic E-state index is 0.0690. The third-order valence-electron chi connectivity index (χ3n) is 5.65. The number of aryl methyl sites for hydroxylation is 1. The summed E-state index contributed by atoms with van der Waals surface area (Å²) in [5.74, 6) is -1.43. The van der Waals surface area contributed by atoms with E-state index in [1.165, 1.54) is 17.8 Å². The van der Waals surface area contributed by atoms with E-state index in [4.69, 9.17) is 4.52 Å². The van der Waals surface area contributed by atoms with E-state index in [1.807, 2.05) is 12.1 Å². The molecule has 4 heterocycles. The maximum absolute atomic E-state index is 13.7. The first-order valence-electron chi connectivity index (χ1n) is 10.3. The second kappa shape index (κ2) is 7.23. The van der Waals surface area contributed by atoms with Gasteiger partial charge in [-0.1, -0.05) is 36.3 Å². The number of hydrogen-bond acceptors (Lipinski definition) is 5. The van der Waals surface area contributed by atoms with E-state index < -0.39 is 5.92 Å². The van der Waals surface area contributed by atoms with Crippen LogP contribution in [0, 0.1) is 12.8 Å². The summed E-state index contributed by atoms with van der Waals surface area (Å²) in [6.45, 7) is 8.13. The van der Waals surface area contributed by atoms with E-state index in [-0.39, 0.29) is 11.5 Å². The molecule has 1 fully saturated rings. The molecule has 0 atom stereocenters. The Hall–Kier alpha value is -3.13. The lowest BCUT2D eigenvalue weighted by atomic mass is 10.0. The molecule has 0 radical (unpaired) electrons. The lowest BCUT2D eigenvalue weighted by molar-refractivity contribution is 0.0170. The number of benzene rings is 1. The lowest BCUT2D eigenvalue weighted by Gasteiger charge is -2.37. The zero-order valence-electron chi connectivity index (χ0n) is 17.6. The third kappa shape index (κ3) is 3.83. The summed E-state index contributed by atoms with van der Waals surface area (Å²) < 4.78 is 34.5. The highest BCUT2D eigenvalue weighted by molar-refractivity contribution is 5.61. The average Bonchev–Trinajstić information content (AvgIpc) is 3.34. The van der Waals surface area contributed by atoms with Crippen molar-refractivity contribution in [1.82, 2.24) is 24.4 Å². The van der Waals surface area contributed by atoms with Crippen LogP contribution in [0.1, 0.15) is 30.5 Å². The molecule has 0 bridgehead atoms. The van der Waals surface area contributed by atoms with Gasteiger partial charge in [-0.25, -0.2) is 13.8 Å². The van der Waals surface area contributed by atoms with Gasteiger partial charge in [0, 0.05) is 50.1 Å². The highest BCUT2D eigenvalue weighted by Crippen LogP contribution is 2.30. The minimum Gasteiger partial charge on any atom is -0.332 e. The SMILES string of the molecule is Cc1cc(C(C)(F)F)cn2cc(-c3nc(-c4ccc(CN5CC(C)C5)cc4)no3)nc12. The van der Waals surface area contributed by atoms with Crippen molar-refractivity contribution in [2.75, 3.05) is 13.1 Å². The summed E-state index contributed by atoms with van der Waals surface area (Å²) in [4.78, 5) is 11.4. The number of alkyl halides is 2. The average molecular weight is 423 g/mol. The fourth-order valence-corrected chi connectivity index (χ4v) is 4.03. The van der Waals surface area contributed by atoms with Crippen molar-refractivity contribution in [3.8, 4) is 23.0 Å². The fraction of sp³-hybridized carbons (Fsp3) is 0.348. The predicted octanol–water partition coefficient (Wildman–Crippen LogP) is 4.92. The molecule has 5 rings (SSSR count). The highest BCUT2D eigenvalue weighted by atomic mass is 19.3. The monoisotopic (exact) mass is 423 g/mol. The second-order valence-corrected chi connectivity index (χ2v) is 8.58. The van der Waals surface area contributed by atoms with Crippen molar-refractivity contribution in [2.45, 2.75) is 33.2 Å². The van der Waals surface area contributed by atoms with E-state index in [0.29, 0.717) is 22.7 Å². The van der Waals surface area contributed by atoms with Crippen LogP contribution in [0.5, 0.6) is 0 Å². The largest absolute Gasteiger partial charge is 0.332 e. The zero-order chi connectivity index (χ0) is 21.8. The second-order valence-electron chi connectivity index (χ2n) is 8.58. The van der Waals surface area contributed by atoms with Gasteiger partial charge in [-0.2, -0.15) is 4.98 Å². The zero-order valence-corrected chi connectivity index (χ0v) is 17.6. The van der Waals surface area contributed by atoms with Crippen molar-refractivity contribution in [2.24, 2.45) is 5.92 Å². The number of imidazole rings is 1. The van der Waals surface area contributed by atoms with Crippen molar-refractivity contribution in [3.63, 3.8) is 0 Å². The van der Waals surface area contributed by atoms with Crippen LogP contribution in [0.2, 0.25) is 0 Å². The number of likely N-dealkylation sites (tertiary alicyclic amines) is 1. The first-order valence-corrected chi connectivity index (χ1v) is 10.3. The molecule has 0 spiro atoms. The third-order valence-corrected chi connectivity index (χ3v) is 5.65. The summed E-state index contributed by atoms with van der Waals surface area (Å²) >= 11 is 0. The van der Waals surface area contributed by atoms with Crippen LogP contribution >= 0.6 is 0 Å². The quantitative estimate of drug-likeness (QED) is 0.456. The van der Waals surface area contributed by atoms with Gasteiger partial charge in [-0.05, 0) is 30.0 Å². The van der Waals surface area contributed by atoms with E-state index >= 15 is 0 Å². The molecule has 0 saturated carbocycles. The van der Waals surface area contributed by atoms with E-state index in [0.717, 1.165) is 38.0 Å². The fourth-order valence-electron chi connectivity index (χ4n) is 4.03. The van der Waals surface area contributed by atoms with Gasteiger partial charge in [0.25, 0.3) is 11.8 Å². The predicted molar refractivity (Wildman–Crippen MR) is 113 cm³/mol. The number of hydrogen-bond donors (Lipinski definition) is 0. The normalized spacial score (nSPS) is 15.5. The van der Waals surface area contributed by atoms with Crippen molar-refractivity contribution in [1.29, 1.82) is 0 Å². The summed E-state index contributed by atoms with van der Waals surface area (Å²) in [6, 6.07) is 9.57. The molecule has 0 aliphatic carbocycles. The Morgan fingerprint density at radius 1 is 1.13 bits per heavy atom. The molecular weight excluding hydrogens is 400 g/mol. The first-order chi connectivity index (χ1) is 14.8. The van der Waals surface area contributed by atoms with Gasteiger partial charge in [0.2, 0.25) is 5.82 Å². The summed E-state index contributed by atoms with van der Waals surface area (Å²) in [6.07, 6.45) is 3.01. The van der Waals surface area contributed by atoms with Gasteiger partial charge in [-0.3, -0.25) is 4.90 Å². The van der Waals surface area contributed by atoms with Crippen LogP contribution in [0.25, 0.3) is 28.6 Å². The molecule has 1 aliphatic heterocycles. The van der Waals surface area contributed by atoms with Crippen LogP contribution in [-0.4, -0.2) is 37.5 Å². The van der Waals surface area contributed by atoms with Crippen molar-refractivity contribution >= 4 is 5.65 Å². The molecule has 1 aromatic carbocycles. The summed E-state index contributed by atoms with van der Waals surface area (Å²) in [7, 11) is 0. The Morgan fingerprint density at radius 2 is 1.87 bits per heavy atom. The number of aromatic nitrogens is 4. The van der Waals surface area contributed by atoms with Gasteiger partial charge in [-0.15, -0.1) is 0 Å². The van der Waals surface area contributed by atoms with Crippen molar-refractivity contribution in [3.05, 3.63) is 59.4 Å². The first kappa shape index (κ1) is 19.8. The van der Waals surface area contributed by atoms with Gasteiger partial charge < -0.3 is 8.92 Å². The topological polar surface area (TPSA) is 59.5 Å². The molecule has 0 amide bonds. The number of fused-ring (bicyclic) bond motifs is 1. The molecule has 0 unspecified atom stereocenters. The van der Waals surface area contributed by atoms with Gasteiger partial charge in [0.05, 0.1) is 0 Å². The summed E-state index contributed by atoms with van der Waals surface area (Å²) in [5, 5.41) is 4.07. The van der Waals surface area contributed by atoms with Gasteiger partial charge >= 0.3 is 0 Å². The van der Waals surface area contributed by atoms with Crippen molar-refractivity contribution < 1.29 is 13.3 Å². The Balaban J connectivity index is 1.39. The van der Waals surface area contributed by atoms with Crippen LogP contribution in [-0.2, 0) is 12.5 Å². The van der Waals surface area contributed by atoms with E-state index in [9.17, 15) is 8.78 Å². The molecule has 1 saturated heterocycles. The van der Waals surface area contributed by atoms with E-state index in [2.05, 4.69) is 39.1 Å². The Bertz CT molecular complexity index is 1230. The molecule has 4 aromatic rings. The Kier molecular flexibility index (Phi) is 4.62. The molecule has 1 aliphatic rings. The number of rotatable bonds is 5. The Labute approximate surface area is 178 Å². The smallest absolute Gasteiger partial charge is 0.278 e. The van der Waals surface area contributed by atoms with Gasteiger partial charge in [0.1, 0.15) is 11.3 Å². The van der Waals surface area contributed by atoms with Crippen LogP contribution in [0.15, 0.2) is 47.2 Å². The maximum Gasteiger partial charge on any atom is 0.278 e. The van der Waals surface area contributed by atoms with Crippen LogP contribution in [0.3, 0.4) is 0 Å². The molecule has 3 aromatic heterocycles. The highest BCUT2D eigenvalue weighted by Gasteiger charge is 2.26. The minimum atomic E-state index is -2.93. The molecule has 8 heteroatoms. The van der Waals surface area contributed by atoms with Crippen LogP contribution < -0.4 is 0 Å². The molecule has 6 nitrogen and oxygen atoms in total. The van der Waals surface area contributed by atoms with E-state index in [1.54, 1.807) is 17.5 Å². The number of pyridine rings is 1. The Morgan fingerprint density at radius 3 is 2.55 bits per heavy atom. The number of nitrogens with zero attached hydrogens (tertiary/aromatic N) is 5. The molecule has 0 N–H and O–H groups in total. The molecule has 160 valence electrons. The standard InChI is InChI=1S/C23H23F2N5O/c1-14-9-29(10-14)11-16-4-6-17(7-5-16)20-27-22(31-28-20)19-13-30-12-18(23(3,24)25)8-15(2)21(30)26-19/h4-8,12-14H,9-11H2,1-3H3. The summed E-state index contributed by atoms with van der Waals surface area (Å²) in [5.41, 5.74) is 3.70. The maximum atomic E-state index is 13.7. The van der Waals surface area contributed by atoms with Crippen LogP contribution in [0.4, 0.5) is 8.78 Å². The molecule has 31 heavy (non-hydrogen) atoms. The lowest BCUT2D eigenvalue weighted by Crippen LogP contribution is -2.44. The molecular formula is C23H23F2N5O. The van der Waals surface area contributed by atoms with Gasteiger partial charge in [0.15, 0.2) is 0 Å².